The molecule has 0 aromatic rings. The molecular weight excluding hydrogens is 224 g/mol. The van der Waals surface area contributed by atoms with E-state index in [0.717, 1.165) is 19.3 Å². The van der Waals surface area contributed by atoms with E-state index in [9.17, 15) is 8.78 Å². The Hall–Kier alpha value is -0.220. The maximum atomic E-state index is 12.2. The molecule has 0 radical (unpaired) electrons. The molecule has 1 unspecified atom stereocenters. The second-order valence-corrected chi connectivity index (χ2v) is 6.92. The Morgan fingerprint density at radius 3 is 2.06 bits per heavy atom. The summed E-state index contributed by atoms with van der Waals surface area (Å²) in [5.41, 5.74) is 0.463. The first-order valence-electron chi connectivity index (χ1n) is 6.31. The van der Waals surface area contributed by atoms with Crippen molar-refractivity contribution >= 4 is 0 Å². The van der Waals surface area contributed by atoms with Gasteiger partial charge in [0.05, 0.1) is 0 Å². The molecule has 0 aromatic carbocycles. The number of nitrogens with one attached hydrogen (secondary N) is 1. The molecule has 1 aliphatic rings. The van der Waals surface area contributed by atoms with Crippen LogP contribution in [-0.4, -0.2) is 30.2 Å². The van der Waals surface area contributed by atoms with Crippen molar-refractivity contribution in [2.75, 3.05) is 6.54 Å². The van der Waals surface area contributed by atoms with Crippen LogP contribution in [0.4, 0.5) is 8.78 Å². The van der Waals surface area contributed by atoms with E-state index < -0.39 is 12.5 Å². The minimum absolute atomic E-state index is 0.0194. The van der Waals surface area contributed by atoms with Crippen molar-refractivity contribution in [3.05, 3.63) is 0 Å². The first kappa shape index (κ1) is 14.8. The molecule has 1 atom stereocenters. The number of hydrogen-bond donors (Lipinski definition) is 2. The molecule has 0 aromatic heterocycles. The number of aliphatic hydroxyl groups is 1. The van der Waals surface area contributed by atoms with Gasteiger partial charge in [0, 0.05) is 12.6 Å². The van der Waals surface area contributed by atoms with E-state index in [-0.39, 0.29) is 23.4 Å². The molecule has 1 aliphatic carbocycles. The van der Waals surface area contributed by atoms with Crippen LogP contribution in [0.25, 0.3) is 0 Å². The second kappa shape index (κ2) is 5.19. The first-order valence-corrected chi connectivity index (χ1v) is 6.31. The van der Waals surface area contributed by atoms with Gasteiger partial charge in [0.25, 0.3) is 6.43 Å². The summed E-state index contributed by atoms with van der Waals surface area (Å²) in [4.78, 5) is 0. The molecule has 1 rings (SSSR count). The van der Waals surface area contributed by atoms with E-state index in [0.29, 0.717) is 0 Å². The van der Waals surface area contributed by atoms with Gasteiger partial charge in [-0.1, -0.05) is 27.7 Å². The van der Waals surface area contributed by atoms with E-state index in [1.807, 2.05) is 0 Å². The van der Waals surface area contributed by atoms with Crippen molar-refractivity contribution < 1.29 is 13.9 Å². The monoisotopic (exact) mass is 249 g/mol. The van der Waals surface area contributed by atoms with Gasteiger partial charge in [-0.3, -0.25) is 0 Å². The topological polar surface area (TPSA) is 32.3 Å². The molecule has 102 valence electrons. The molecule has 0 aliphatic heterocycles. The molecule has 2 nitrogen and oxygen atoms in total. The third-order valence-corrected chi connectivity index (χ3v) is 3.46. The molecule has 1 fully saturated rings. The zero-order valence-corrected chi connectivity index (χ0v) is 11.3. The maximum absolute atomic E-state index is 12.2. The Bertz CT molecular complexity index is 238. The van der Waals surface area contributed by atoms with Crippen LogP contribution in [0.3, 0.4) is 0 Å². The highest BCUT2D eigenvalue weighted by Gasteiger charge is 2.38. The third-order valence-electron chi connectivity index (χ3n) is 3.46. The molecular formula is C13H25F2NO. The van der Waals surface area contributed by atoms with Crippen molar-refractivity contribution in [3.8, 4) is 0 Å². The molecule has 4 heteroatoms. The predicted molar refractivity (Wildman–Crippen MR) is 65.2 cm³/mol. The fourth-order valence-electron chi connectivity index (χ4n) is 3.37. The summed E-state index contributed by atoms with van der Waals surface area (Å²) in [6.07, 6.45) is -1.11. The molecule has 1 saturated carbocycles. The standard InChI is InChI=1S/C13H25F2NO/c1-12(2)5-9(6-13(3,4)8-12)16-7-10(17)11(14)15/h9-11,16-17H,5-8H2,1-4H3. The fraction of sp³-hybridized carbons (Fsp3) is 1.00. The Labute approximate surface area is 103 Å². The quantitative estimate of drug-likeness (QED) is 0.803. The molecule has 17 heavy (non-hydrogen) atoms. The second-order valence-electron chi connectivity index (χ2n) is 6.92. The minimum Gasteiger partial charge on any atom is -0.386 e. The van der Waals surface area contributed by atoms with Gasteiger partial charge >= 0.3 is 0 Å². The van der Waals surface area contributed by atoms with Gasteiger partial charge in [0.2, 0.25) is 0 Å². The third kappa shape index (κ3) is 4.88. The summed E-state index contributed by atoms with van der Waals surface area (Å²) in [6, 6.07) is 0.224. The number of hydrogen-bond acceptors (Lipinski definition) is 2. The van der Waals surface area contributed by atoms with E-state index in [1.165, 1.54) is 0 Å². The lowest BCUT2D eigenvalue weighted by molar-refractivity contribution is -0.00898. The zero-order chi connectivity index (χ0) is 13.3. The summed E-state index contributed by atoms with van der Waals surface area (Å²) in [5, 5.41) is 12.2. The number of aliphatic hydroxyl groups excluding tert-OH is 1. The zero-order valence-electron chi connectivity index (χ0n) is 11.3. The Morgan fingerprint density at radius 1 is 1.18 bits per heavy atom. The maximum Gasteiger partial charge on any atom is 0.265 e. The highest BCUT2D eigenvalue weighted by molar-refractivity contribution is 4.92. The van der Waals surface area contributed by atoms with E-state index in [1.54, 1.807) is 0 Å². The van der Waals surface area contributed by atoms with Gasteiger partial charge in [0.15, 0.2) is 0 Å². The molecule has 0 saturated heterocycles. The summed E-state index contributed by atoms with van der Waals surface area (Å²) in [7, 11) is 0. The van der Waals surface area contributed by atoms with Crippen LogP contribution in [0.15, 0.2) is 0 Å². The van der Waals surface area contributed by atoms with E-state index in [4.69, 9.17) is 5.11 Å². The number of alkyl halides is 2. The first-order chi connectivity index (χ1) is 7.61. The lowest BCUT2D eigenvalue weighted by atomic mass is 9.63. The minimum atomic E-state index is -2.66. The van der Waals surface area contributed by atoms with Crippen molar-refractivity contribution in [3.63, 3.8) is 0 Å². The van der Waals surface area contributed by atoms with Crippen molar-refractivity contribution in [1.29, 1.82) is 0 Å². The van der Waals surface area contributed by atoms with Gasteiger partial charge in [-0.25, -0.2) is 8.78 Å². The fourth-order valence-corrected chi connectivity index (χ4v) is 3.37. The van der Waals surface area contributed by atoms with Gasteiger partial charge < -0.3 is 10.4 Å². The smallest absolute Gasteiger partial charge is 0.265 e. The number of halogens is 2. The predicted octanol–water partition coefficient (Wildman–Crippen LogP) is 2.81. The van der Waals surface area contributed by atoms with Gasteiger partial charge in [-0.05, 0) is 30.1 Å². The molecule has 0 heterocycles. The van der Waals surface area contributed by atoms with Crippen molar-refractivity contribution in [2.24, 2.45) is 10.8 Å². The van der Waals surface area contributed by atoms with Crippen LogP contribution < -0.4 is 5.32 Å². The van der Waals surface area contributed by atoms with Crippen LogP contribution in [-0.2, 0) is 0 Å². The Kier molecular flexibility index (Phi) is 4.53. The average molecular weight is 249 g/mol. The van der Waals surface area contributed by atoms with Crippen LogP contribution in [0.5, 0.6) is 0 Å². The summed E-state index contributed by atoms with van der Waals surface area (Å²) in [6.45, 7) is 8.84. The van der Waals surface area contributed by atoms with Crippen LogP contribution >= 0.6 is 0 Å². The van der Waals surface area contributed by atoms with E-state index in [2.05, 4.69) is 33.0 Å². The van der Waals surface area contributed by atoms with Gasteiger partial charge in [-0.2, -0.15) is 0 Å². The summed E-state index contributed by atoms with van der Waals surface area (Å²) >= 11 is 0. The van der Waals surface area contributed by atoms with Crippen molar-refractivity contribution in [1.82, 2.24) is 5.32 Å². The normalized spacial score (nSPS) is 26.1. The summed E-state index contributed by atoms with van der Waals surface area (Å²) in [5.74, 6) is 0. The Balaban J connectivity index is 2.49. The largest absolute Gasteiger partial charge is 0.386 e. The lowest BCUT2D eigenvalue weighted by Crippen LogP contribution is -2.46. The molecule has 0 bridgehead atoms. The molecule has 0 amide bonds. The molecule has 2 N–H and O–H groups in total. The molecule has 0 spiro atoms. The van der Waals surface area contributed by atoms with Crippen LogP contribution in [0.1, 0.15) is 47.0 Å². The highest BCUT2D eigenvalue weighted by Crippen LogP contribution is 2.45. The Morgan fingerprint density at radius 2 is 1.65 bits per heavy atom. The van der Waals surface area contributed by atoms with E-state index >= 15 is 0 Å². The van der Waals surface area contributed by atoms with Gasteiger partial charge in [0.1, 0.15) is 6.10 Å². The van der Waals surface area contributed by atoms with Crippen molar-refractivity contribution in [2.45, 2.75) is 65.5 Å². The highest BCUT2D eigenvalue weighted by atomic mass is 19.3. The summed E-state index contributed by atoms with van der Waals surface area (Å²) < 4.78 is 24.4. The van der Waals surface area contributed by atoms with Crippen LogP contribution in [0.2, 0.25) is 0 Å². The number of rotatable bonds is 4. The average Bonchev–Trinajstić information content (AvgIpc) is 2.08. The lowest BCUT2D eigenvalue weighted by Gasteiger charge is -2.45. The SMILES string of the molecule is CC1(C)CC(NCC(O)C(F)F)CC(C)(C)C1. The van der Waals surface area contributed by atoms with Gasteiger partial charge in [-0.15, -0.1) is 0 Å². The van der Waals surface area contributed by atoms with Crippen LogP contribution in [0, 0.1) is 10.8 Å².